The van der Waals surface area contributed by atoms with Crippen molar-refractivity contribution in [3.8, 4) is 33.6 Å². The molecule has 5 rings (SSSR count). The van der Waals surface area contributed by atoms with Crippen LogP contribution in [0.1, 0.15) is 0 Å². The zero-order chi connectivity index (χ0) is 18.8. The summed E-state index contributed by atoms with van der Waals surface area (Å²) in [5, 5.41) is 1.04. The van der Waals surface area contributed by atoms with Gasteiger partial charge in [0.15, 0.2) is 0 Å². The van der Waals surface area contributed by atoms with E-state index in [9.17, 15) is 0 Å². The summed E-state index contributed by atoms with van der Waals surface area (Å²) in [4.78, 5) is 9.70. The number of hydrogen-bond acceptors (Lipinski definition) is 2. The van der Waals surface area contributed by atoms with Crippen molar-refractivity contribution in [2.45, 2.75) is 0 Å². The third kappa shape index (κ3) is 2.95. The van der Waals surface area contributed by atoms with Crippen LogP contribution in [0.15, 0.2) is 97.2 Å². The molecule has 0 saturated carbocycles. The molecule has 130 valence electrons. The number of benzene rings is 3. The van der Waals surface area contributed by atoms with Crippen molar-refractivity contribution in [2.75, 3.05) is 0 Å². The lowest BCUT2D eigenvalue weighted by molar-refractivity contribution is 1.32. The maximum Gasteiger partial charge on any atom is 0.0796 e. The largest absolute Gasteiger partial charge is 0.255 e. The Morgan fingerprint density at radius 2 is 1.25 bits per heavy atom. The van der Waals surface area contributed by atoms with Gasteiger partial charge in [-0.25, -0.2) is 4.98 Å². The average molecular weight is 356 g/mol. The molecule has 3 aromatic carbocycles. The average Bonchev–Trinajstić information content (AvgIpc) is 2.79. The number of aromatic nitrogens is 2. The molecule has 2 heteroatoms. The molecular weight excluding hydrogens is 340 g/mol. The highest BCUT2D eigenvalue weighted by Crippen LogP contribution is 2.35. The third-order valence-electron chi connectivity index (χ3n) is 4.81. The van der Waals surface area contributed by atoms with Crippen LogP contribution in [0.3, 0.4) is 0 Å². The van der Waals surface area contributed by atoms with Gasteiger partial charge in [0.1, 0.15) is 0 Å². The third-order valence-corrected chi connectivity index (χ3v) is 4.81. The van der Waals surface area contributed by atoms with Gasteiger partial charge in [0.2, 0.25) is 0 Å². The molecule has 0 spiro atoms. The van der Waals surface area contributed by atoms with E-state index in [4.69, 9.17) is 4.98 Å². The lowest BCUT2D eigenvalue weighted by atomic mass is 9.96. The lowest BCUT2D eigenvalue weighted by Crippen LogP contribution is -1.94. The van der Waals surface area contributed by atoms with E-state index in [0.29, 0.717) is 0 Å². The fourth-order valence-corrected chi connectivity index (χ4v) is 3.47. The van der Waals surface area contributed by atoms with Crippen LogP contribution in [0.25, 0.3) is 44.5 Å². The van der Waals surface area contributed by atoms with E-state index in [0.717, 1.165) is 44.5 Å². The Bertz CT molecular complexity index is 1230. The van der Waals surface area contributed by atoms with E-state index in [1.807, 2.05) is 54.7 Å². The molecule has 0 aliphatic carbocycles. The molecular formula is C26H16N2. The molecule has 0 bridgehead atoms. The zero-order valence-electron chi connectivity index (χ0n) is 15.1. The Morgan fingerprint density at radius 1 is 0.607 bits per heavy atom. The van der Waals surface area contributed by atoms with Gasteiger partial charge in [0.05, 0.1) is 16.9 Å². The Labute approximate surface area is 164 Å². The minimum absolute atomic E-state index is 0.931. The van der Waals surface area contributed by atoms with Crippen molar-refractivity contribution in [1.29, 1.82) is 0 Å². The van der Waals surface area contributed by atoms with Crippen molar-refractivity contribution < 1.29 is 0 Å². The van der Waals surface area contributed by atoms with Crippen molar-refractivity contribution >= 4 is 10.9 Å². The quantitative estimate of drug-likeness (QED) is 0.383. The first-order valence-corrected chi connectivity index (χ1v) is 9.18. The summed E-state index contributed by atoms with van der Waals surface area (Å²) in [5.74, 6) is 0. The second kappa shape index (κ2) is 7.09. The van der Waals surface area contributed by atoms with Crippen molar-refractivity contribution in [1.82, 2.24) is 9.97 Å². The van der Waals surface area contributed by atoms with Gasteiger partial charge in [-0.15, -0.1) is 0 Å². The van der Waals surface area contributed by atoms with E-state index in [1.54, 1.807) is 0 Å². The van der Waals surface area contributed by atoms with E-state index in [-0.39, 0.29) is 0 Å². The molecule has 0 fully saturated rings. The van der Waals surface area contributed by atoms with Gasteiger partial charge >= 0.3 is 0 Å². The van der Waals surface area contributed by atoms with Crippen LogP contribution in [-0.4, -0.2) is 9.97 Å². The maximum atomic E-state index is 5.05. The summed E-state index contributed by atoms with van der Waals surface area (Å²) < 4.78 is 0. The minimum atomic E-state index is 0.931. The highest BCUT2D eigenvalue weighted by Gasteiger charge is 2.14. The molecule has 0 unspecified atom stereocenters. The summed E-state index contributed by atoms with van der Waals surface area (Å²) in [7, 11) is 0. The molecule has 0 aliphatic rings. The normalized spacial score (nSPS) is 10.9. The van der Waals surface area contributed by atoms with Crippen molar-refractivity contribution in [3.05, 3.63) is 109 Å². The van der Waals surface area contributed by atoms with Crippen LogP contribution < -0.4 is 0 Å². The predicted molar refractivity (Wildman–Crippen MR) is 114 cm³/mol. The molecule has 2 aromatic heterocycles. The van der Waals surface area contributed by atoms with E-state index < -0.39 is 0 Å². The van der Waals surface area contributed by atoms with Gasteiger partial charge in [0.25, 0.3) is 0 Å². The topological polar surface area (TPSA) is 25.8 Å². The van der Waals surface area contributed by atoms with Gasteiger partial charge in [-0.05, 0) is 29.8 Å². The maximum absolute atomic E-state index is 5.05. The summed E-state index contributed by atoms with van der Waals surface area (Å²) in [6.45, 7) is 0. The van der Waals surface area contributed by atoms with Crippen molar-refractivity contribution in [2.24, 2.45) is 0 Å². The van der Waals surface area contributed by atoms with Gasteiger partial charge in [-0.1, -0.05) is 78.9 Å². The lowest BCUT2D eigenvalue weighted by Gasteiger charge is -2.13. The number of pyridine rings is 2. The van der Waals surface area contributed by atoms with Crippen LogP contribution in [0.2, 0.25) is 0 Å². The molecule has 2 nitrogen and oxygen atoms in total. The van der Waals surface area contributed by atoms with Gasteiger partial charge in [-0.3, -0.25) is 4.98 Å². The Kier molecular flexibility index (Phi) is 4.15. The monoisotopic (exact) mass is 356 g/mol. The summed E-state index contributed by atoms with van der Waals surface area (Å²) >= 11 is 0. The number of fused-ring (bicyclic) bond motifs is 1. The standard InChI is InChI=1S/C26H16N2/c1-4-10-19(11-5-1)22-18-23-24(28-26(22)21-14-8-3-9-15-21)16-17-27-25(23)20-12-6-2-7-13-20/h1,4-18H. The summed E-state index contributed by atoms with van der Waals surface area (Å²) in [5.41, 5.74) is 7.20. The second-order valence-corrected chi connectivity index (χ2v) is 6.55. The second-order valence-electron chi connectivity index (χ2n) is 6.55. The van der Waals surface area contributed by atoms with Crippen LogP contribution >= 0.6 is 0 Å². The Hall–Kier alpha value is -3.78. The number of rotatable bonds is 3. The summed E-state index contributed by atoms with van der Waals surface area (Å²) in [6.07, 6.45) is 1.83. The first-order chi connectivity index (χ1) is 13.9. The minimum Gasteiger partial charge on any atom is -0.255 e. The molecule has 0 saturated heterocycles. The fourth-order valence-electron chi connectivity index (χ4n) is 3.47. The molecule has 28 heavy (non-hydrogen) atoms. The van der Waals surface area contributed by atoms with E-state index >= 15 is 0 Å². The predicted octanol–water partition coefficient (Wildman–Crippen LogP) is 6.23. The molecule has 0 N–H and O–H groups in total. The number of nitrogens with zero attached hydrogens (tertiary/aromatic N) is 2. The van der Waals surface area contributed by atoms with Gasteiger partial charge in [0, 0.05) is 28.3 Å². The number of hydrogen-bond donors (Lipinski definition) is 0. The molecule has 0 atom stereocenters. The first-order valence-electron chi connectivity index (χ1n) is 9.18. The molecule has 2 heterocycles. The van der Waals surface area contributed by atoms with Crippen LogP contribution in [0, 0.1) is 12.1 Å². The Balaban J connectivity index is 1.83. The molecule has 5 aromatic rings. The van der Waals surface area contributed by atoms with Crippen LogP contribution in [0.5, 0.6) is 0 Å². The van der Waals surface area contributed by atoms with E-state index in [1.165, 1.54) is 0 Å². The highest BCUT2D eigenvalue weighted by atomic mass is 14.7. The van der Waals surface area contributed by atoms with Crippen LogP contribution in [0.4, 0.5) is 0 Å². The Morgan fingerprint density at radius 3 is 1.93 bits per heavy atom. The molecule has 0 aliphatic heterocycles. The van der Waals surface area contributed by atoms with E-state index in [2.05, 4.69) is 59.6 Å². The molecule has 2 radical (unpaired) electrons. The van der Waals surface area contributed by atoms with Gasteiger partial charge in [-0.2, -0.15) is 0 Å². The van der Waals surface area contributed by atoms with Crippen molar-refractivity contribution in [3.63, 3.8) is 0 Å². The smallest absolute Gasteiger partial charge is 0.0796 e. The van der Waals surface area contributed by atoms with Crippen LogP contribution in [-0.2, 0) is 0 Å². The zero-order valence-corrected chi connectivity index (χ0v) is 15.1. The first kappa shape index (κ1) is 16.4. The highest BCUT2D eigenvalue weighted by molar-refractivity contribution is 5.98. The van der Waals surface area contributed by atoms with Gasteiger partial charge < -0.3 is 0 Å². The summed E-state index contributed by atoms with van der Waals surface area (Å²) in [6, 6.07) is 36.6. The fraction of sp³-hybridized carbons (Fsp3) is 0. The SMILES string of the molecule is [c]1ccc(-c2nc3ccnc(-c4cc[c]cc4)c3cc2-c2ccccc2)cc1. The molecule has 0 amide bonds.